The summed E-state index contributed by atoms with van der Waals surface area (Å²) in [7, 11) is -2.57. The van der Waals surface area contributed by atoms with E-state index in [0.717, 1.165) is 12.1 Å². The number of aromatic nitrogens is 1. The number of benzene rings is 1. The third kappa shape index (κ3) is 3.53. The predicted octanol–water partition coefficient (Wildman–Crippen LogP) is 2.87. The van der Waals surface area contributed by atoms with E-state index >= 15 is 0 Å². The molecule has 8 heteroatoms. The maximum atomic E-state index is 13.5. The van der Waals surface area contributed by atoms with Gasteiger partial charge >= 0.3 is 0 Å². The first-order valence-corrected chi connectivity index (χ1v) is 8.57. The lowest BCUT2D eigenvalue weighted by molar-refractivity contribution is 0.385. The van der Waals surface area contributed by atoms with Crippen LogP contribution in [0.5, 0.6) is 5.75 Å². The Bertz CT molecular complexity index is 782. The predicted molar refractivity (Wildman–Crippen MR) is 82.3 cm³/mol. The lowest BCUT2D eigenvalue weighted by atomic mass is 10.0. The van der Waals surface area contributed by atoms with Crippen molar-refractivity contribution in [3.8, 4) is 5.75 Å². The van der Waals surface area contributed by atoms with E-state index in [1.165, 1.54) is 13.2 Å². The van der Waals surface area contributed by atoms with E-state index in [2.05, 4.69) is 9.88 Å². The van der Waals surface area contributed by atoms with Crippen molar-refractivity contribution in [1.82, 2.24) is 9.88 Å². The first-order valence-electron chi connectivity index (χ1n) is 7.08. The summed E-state index contributed by atoms with van der Waals surface area (Å²) in [6, 6.07) is 2.92. The fraction of sp³-hybridized carbons (Fsp3) is 0.400. The molecule has 0 fully saturated rings. The van der Waals surface area contributed by atoms with Gasteiger partial charge in [-0.1, -0.05) is 12.1 Å². The van der Waals surface area contributed by atoms with Crippen LogP contribution in [0.15, 0.2) is 27.6 Å². The molecule has 1 heterocycles. The Labute approximate surface area is 134 Å². The number of nitrogens with one attached hydrogen (secondary N) is 1. The molecule has 2 aromatic rings. The molecule has 0 radical (unpaired) electrons. The molecule has 0 aliphatic rings. The van der Waals surface area contributed by atoms with Gasteiger partial charge in [0.25, 0.3) is 0 Å². The third-order valence-corrected chi connectivity index (χ3v) is 5.04. The van der Waals surface area contributed by atoms with Gasteiger partial charge < -0.3 is 9.26 Å². The highest BCUT2D eigenvalue weighted by Gasteiger charge is 2.25. The quantitative estimate of drug-likeness (QED) is 0.873. The summed E-state index contributed by atoms with van der Waals surface area (Å²) in [4.78, 5) is -0.0686. The van der Waals surface area contributed by atoms with Crippen LogP contribution < -0.4 is 9.46 Å². The van der Waals surface area contributed by atoms with Crippen molar-refractivity contribution in [2.24, 2.45) is 0 Å². The SMILES string of the molecule is CCC(NS(=O)(=O)c1ccc(F)c(OC)c1)c1c(C)noc1C. The van der Waals surface area contributed by atoms with E-state index in [1.807, 2.05) is 6.92 Å². The maximum Gasteiger partial charge on any atom is 0.241 e. The van der Waals surface area contributed by atoms with Gasteiger partial charge in [0, 0.05) is 11.6 Å². The zero-order valence-corrected chi connectivity index (χ0v) is 14.2. The summed E-state index contributed by atoms with van der Waals surface area (Å²) < 4.78 is 51.1. The summed E-state index contributed by atoms with van der Waals surface area (Å²) in [6.07, 6.45) is 0.514. The highest BCUT2D eigenvalue weighted by atomic mass is 32.2. The van der Waals surface area contributed by atoms with Crippen LogP contribution in [0.4, 0.5) is 4.39 Å². The van der Waals surface area contributed by atoms with Crippen molar-refractivity contribution < 1.29 is 22.1 Å². The van der Waals surface area contributed by atoms with Crippen molar-refractivity contribution in [2.75, 3.05) is 7.11 Å². The molecule has 0 saturated carbocycles. The van der Waals surface area contributed by atoms with E-state index < -0.39 is 21.9 Å². The molecule has 0 amide bonds. The van der Waals surface area contributed by atoms with Crippen molar-refractivity contribution >= 4 is 10.0 Å². The van der Waals surface area contributed by atoms with Gasteiger partial charge in [-0.25, -0.2) is 17.5 Å². The molecule has 2 rings (SSSR count). The molecule has 6 nitrogen and oxygen atoms in total. The number of hydrogen-bond donors (Lipinski definition) is 1. The van der Waals surface area contributed by atoms with Crippen LogP contribution >= 0.6 is 0 Å². The standard InChI is InChI=1S/C15H19FN2O4S/c1-5-13(15-9(2)17-22-10(15)3)18-23(19,20)11-6-7-12(16)14(8-11)21-4/h6-8,13,18H,5H2,1-4H3. The number of ether oxygens (including phenoxy) is 1. The van der Waals surface area contributed by atoms with E-state index in [4.69, 9.17) is 9.26 Å². The number of halogens is 1. The molecule has 0 spiro atoms. The zero-order valence-electron chi connectivity index (χ0n) is 13.4. The Morgan fingerprint density at radius 2 is 2.09 bits per heavy atom. The van der Waals surface area contributed by atoms with Gasteiger partial charge in [0.05, 0.1) is 23.7 Å². The van der Waals surface area contributed by atoms with Crippen LogP contribution in [0, 0.1) is 19.7 Å². The van der Waals surface area contributed by atoms with Crippen molar-refractivity contribution in [1.29, 1.82) is 0 Å². The topological polar surface area (TPSA) is 81.4 Å². The molecule has 0 aliphatic carbocycles. The fourth-order valence-electron chi connectivity index (χ4n) is 2.40. The molecule has 0 saturated heterocycles. The van der Waals surface area contributed by atoms with Crippen molar-refractivity contribution in [2.45, 2.75) is 38.1 Å². The molecule has 23 heavy (non-hydrogen) atoms. The summed E-state index contributed by atoms with van der Waals surface area (Å²) in [5.41, 5.74) is 1.35. The Balaban J connectivity index is 2.36. The third-order valence-electron chi connectivity index (χ3n) is 3.58. The monoisotopic (exact) mass is 342 g/mol. The summed E-state index contributed by atoms with van der Waals surface area (Å²) in [5, 5.41) is 3.85. The van der Waals surface area contributed by atoms with Crippen LogP contribution in [-0.2, 0) is 10.0 Å². The molecular formula is C15H19FN2O4S. The Kier molecular flexibility index (Phi) is 5.06. The second kappa shape index (κ2) is 6.67. The van der Waals surface area contributed by atoms with E-state index in [0.29, 0.717) is 23.4 Å². The Hall–Kier alpha value is -1.93. The first-order chi connectivity index (χ1) is 10.8. The van der Waals surface area contributed by atoms with Gasteiger partial charge in [-0.15, -0.1) is 0 Å². The largest absolute Gasteiger partial charge is 0.494 e. The van der Waals surface area contributed by atoms with Crippen molar-refractivity contribution in [3.05, 3.63) is 41.0 Å². The molecule has 126 valence electrons. The minimum atomic E-state index is -3.85. The average molecular weight is 342 g/mol. The molecule has 1 unspecified atom stereocenters. The Morgan fingerprint density at radius 3 is 2.61 bits per heavy atom. The fourth-order valence-corrected chi connectivity index (χ4v) is 3.70. The van der Waals surface area contributed by atoms with Crippen LogP contribution in [0.2, 0.25) is 0 Å². The summed E-state index contributed by atoms with van der Waals surface area (Å²) in [5.74, 6) is -0.184. The minimum Gasteiger partial charge on any atom is -0.494 e. The highest BCUT2D eigenvalue weighted by molar-refractivity contribution is 7.89. The number of methoxy groups -OCH3 is 1. The molecule has 1 aromatic heterocycles. The van der Waals surface area contributed by atoms with E-state index in [9.17, 15) is 12.8 Å². The van der Waals surface area contributed by atoms with Crippen LogP contribution in [-0.4, -0.2) is 20.7 Å². The van der Waals surface area contributed by atoms with Crippen LogP contribution in [0.25, 0.3) is 0 Å². The normalized spacial score (nSPS) is 13.1. The summed E-state index contributed by atoms with van der Waals surface area (Å²) >= 11 is 0. The minimum absolute atomic E-state index is 0.0686. The summed E-state index contributed by atoms with van der Waals surface area (Å²) in [6.45, 7) is 5.33. The molecule has 1 atom stereocenters. The highest BCUT2D eigenvalue weighted by Crippen LogP contribution is 2.27. The number of hydrogen-bond acceptors (Lipinski definition) is 5. The van der Waals surface area contributed by atoms with Gasteiger partial charge in [0.15, 0.2) is 11.6 Å². The van der Waals surface area contributed by atoms with Gasteiger partial charge in [0.2, 0.25) is 10.0 Å². The molecule has 0 bridgehead atoms. The van der Waals surface area contributed by atoms with Crippen LogP contribution in [0.3, 0.4) is 0 Å². The lowest BCUT2D eigenvalue weighted by Crippen LogP contribution is -2.29. The number of rotatable bonds is 6. The number of sulfonamides is 1. The van der Waals surface area contributed by atoms with E-state index in [-0.39, 0.29) is 10.6 Å². The van der Waals surface area contributed by atoms with Crippen LogP contribution in [0.1, 0.15) is 36.4 Å². The second-order valence-electron chi connectivity index (χ2n) is 5.12. The first kappa shape index (κ1) is 17.4. The van der Waals surface area contributed by atoms with Crippen molar-refractivity contribution in [3.63, 3.8) is 0 Å². The molecule has 0 aliphatic heterocycles. The maximum absolute atomic E-state index is 13.5. The van der Waals surface area contributed by atoms with Gasteiger partial charge in [-0.3, -0.25) is 0 Å². The molecule has 1 aromatic carbocycles. The Morgan fingerprint density at radius 1 is 1.39 bits per heavy atom. The van der Waals surface area contributed by atoms with E-state index in [1.54, 1.807) is 13.8 Å². The van der Waals surface area contributed by atoms with Gasteiger partial charge in [-0.05, 0) is 32.4 Å². The zero-order chi connectivity index (χ0) is 17.2. The number of aryl methyl sites for hydroxylation is 2. The average Bonchev–Trinajstić information content (AvgIpc) is 2.84. The smallest absolute Gasteiger partial charge is 0.241 e. The van der Waals surface area contributed by atoms with Gasteiger partial charge in [-0.2, -0.15) is 0 Å². The molecule has 1 N–H and O–H groups in total. The van der Waals surface area contributed by atoms with Gasteiger partial charge in [0.1, 0.15) is 5.76 Å². The number of nitrogens with zero attached hydrogens (tertiary/aromatic N) is 1. The second-order valence-corrected chi connectivity index (χ2v) is 6.83. The molecular weight excluding hydrogens is 323 g/mol. The lowest BCUT2D eigenvalue weighted by Gasteiger charge is -2.17.